The van der Waals surface area contributed by atoms with Crippen LogP contribution in [0.3, 0.4) is 0 Å². The second-order valence-electron chi connectivity index (χ2n) is 12.7. The van der Waals surface area contributed by atoms with Gasteiger partial charge in [-0.15, -0.1) is 10.2 Å². The molecule has 2 N–H and O–H groups in total. The maximum Gasteiger partial charge on any atom is 0.151 e. The average Bonchev–Trinajstić information content (AvgIpc) is 3.70. The first-order chi connectivity index (χ1) is 20.4. The molecule has 0 radical (unpaired) electrons. The van der Waals surface area contributed by atoms with Gasteiger partial charge in [-0.1, -0.05) is 43.8 Å². The van der Waals surface area contributed by atoms with Crippen LogP contribution in [0.25, 0.3) is 21.6 Å². The first-order valence-electron chi connectivity index (χ1n) is 15.3. The minimum atomic E-state index is -1.16. The van der Waals surface area contributed by atoms with Gasteiger partial charge in [-0.25, -0.2) is 4.98 Å². The van der Waals surface area contributed by atoms with Gasteiger partial charge in [0.1, 0.15) is 17.6 Å². The van der Waals surface area contributed by atoms with Crippen LogP contribution >= 0.6 is 11.3 Å². The lowest BCUT2D eigenvalue weighted by atomic mass is 10.1. The highest BCUT2D eigenvalue weighted by atomic mass is 32.1. The summed E-state index contributed by atoms with van der Waals surface area (Å²) in [5, 5.41) is 18.1. The molecule has 42 heavy (non-hydrogen) atoms. The summed E-state index contributed by atoms with van der Waals surface area (Å²) in [7, 11) is -1.16. The molecule has 2 fully saturated rings. The molecule has 222 valence electrons. The molecular weight excluding hydrogens is 561 g/mol. The summed E-state index contributed by atoms with van der Waals surface area (Å²) in [6, 6.07) is 7.41. The summed E-state index contributed by atoms with van der Waals surface area (Å²) in [5.74, 6) is 1.28. The Morgan fingerprint density at radius 3 is 2.55 bits per heavy atom. The van der Waals surface area contributed by atoms with E-state index in [2.05, 4.69) is 62.5 Å². The van der Waals surface area contributed by atoms with Crippen molar-refractivity contribution in [3.63, 3.8) is 0 Å². The van der Waals surface area contributed by atoms with Crippen LogP contribution in [-0.4, -0.2) is 59.7 Å². The lowest BCUT2D eigenvalue weighted by Gasteiger charge is -2.28. The maximum atomic E-state index is 5.98. The Morgan fingerprint density at radius 1 is 0.929 bits per heavy atom. The Kier molecular flexibility index (Phi) is 8.97. The van der Waals surface area contributed by atoms with Crippen molar-refractivity contribution in [1.82, 2.24) is 25.1 Å². The molecule has 11 heteroatoms. The fourth-order valence-electron chi connectivity index (χ4n) is 5.66. The SMILES string of the molecule is C[Si](C)(C)CCOCNc1nc2cc(Nc3cncc(N4CCCCC4)c3)cnc2cc1-c1nnc(C2CCCC2)s1. The first-order valence-corrected chi connectivity index (χ1v) is 19.9. The number of nitrogens with one attached hydrogen (secondary N) is 2. The van der Waals surface area contributed by atoms with E-state index in [0.717, 1.165) is 75.2 Å². The number of hydrogen-bond acceptors (Lipinski definition) is 10. The van der Waals surface area contributed by atoms with E-state index in [-0.39, 0.29) is 0 Å². The van der Waals surface area contributed by atoms with E-state index in [4.69, 9.17) is 14.7 Å². The predicted molar refractivity (Wildman–Crippen MR) is 176 cm³/mol. The van der Waals surface area contributed by atoms with Crippen LogP contribution in [0.5, 0.6) is 0 Å². The third-order valence-corrected chi connectivity index (χ3v) is 10.9. The number of piperidine rings is 1. The van der Waals surface area contributed by atoms with Gasteiger partial charge in [0.05, 0.1) is 52.2 Å². The van der Waals surface area contributed by atoms with Crippen LogP contribution in [0, 0.1) is 0 Å². The highest BCUT2D eigenvalue weighted by Crippen LogP contribution is 2.39. The summed E-state index contributed by atoms with van der Waals surface area (Å²) in [6.07, 6.45) is 14.4. The van der Waals surface area contributed by atoms with E-state index in [1.165, 1.54) is 44.9 Å². The summed E-state index contributed by atoms with van der Waals surface area (Å²) in [5.41, 5.74) is 5.51. The van der Waals surface area contributed by atoms with Gasteiger partial charge in [0.2, 0.25) is 0 Å². The topological polar surface area (TPSA) is 101 Å². The van der Waals surface area contributed by atoms with E-state index in [1.54, 1.807) is 11.3 Å². The molecule has 6 rings (SSSR count). The van der Waals surface area contributed by atoms with Gasteiger partial charge in [0.15, 0.2) is 5.01 Å². The lowest BCUT2D eigenvalue weighted by molar-refractivity contribution is 0.165. The number of pyridine rings is 3. The van der Waals surface area contributed by atoms with E-state index in [0.29, 0.717) is 12.6 Å². The van der Waals surface area contributed by atoms with Crippen LogP contribution in [0.1, 0.15) is 55.9 Å². The molecule has 0 bridgehead atoms. The van der Waals surface area contributed by atoms with Crippen molar-refractivity contribution in [2.45, 2.75) is 76.5 Å². The molecule has 1 saturated carbocycles. The molecule has 4 aromatic heterocycles. The number of anilines is 4. The van der Waals surface area contributed by atoms with Crippen molar-refractivity contribution in [2.24, 2.45) is 0 Å². The van der Waals surface area contributed by atoms with Crippen molar-refractivity contribution >= 4 is 53.3 Å². The molecular formula is C31H42N8OSSi. The summed E-state index contributed by atoms with van der Waals surface area (Å²) in [4.78, 5) is 16.7. The first kappa shape index (κ1) is 28.9. The fourth-order valence-corrected chi connectivity index (χ4v) is 7.44. The van der Waals surface area contributed by atoms with Gasteiger partial charge in [0.25, 0.3) is 0 Å². The number of rotatable bonds is 11. The molecule has 5 heterocycles. The van der Waals surface area contributed by atoms with Gasteiger partial charge >= 0.3 is 0 Å². The Balaban J connectivity index is 1.24. The van der Waals surface area contributed by atoms with Crippen LogP contribution < -0.4 is 15.5 Å². The Bertz CT molecular complexity index is 1490. The Labute approximate surface area is 253 Å². The average molecular weight is 603 g/mol. The largest absolute Gasteiger partial charge is 0.370 e. The van der Waals surface area contributed by atoms with Crippen LogP contribution in [0.4, 0.5) is 22.9 Å². The third-order valence-electron chi connectivity index (χ3n) is 8.11. The lowest BCUT2D eigenvalue weighted by Crippen LogP contribution is -2.29. The zero-order chi connectivity index (χ0) is 28.9. The molecule has 0 amide bonds. The van der Waals surface area contributed by atoms with Crippen LogP contribution in [0.15, 0.2) is 36.8 Å². The van der Waals surface area contributed by atoms with Gasteiger partial charge < -0.3 is 20.3 Å². The van der Waals surface area contributed by atoms with Gasteiger partial charge in [0, 0.05) is 33.7 Å². The predicted octanol–water partition coefficient (Wildman–Crippen LogP) is 7.66. The van der Waals surface area contributed by atoms with Crippen molar-refractivity contribution in [2.75, 3.05) is 42.0 Å². The van der Waals surface area contributed by atoms with Gasteiger partial charge in [-0.05, 0) is 56.3 Å². The quantitative estimate of drug-likeness (QED) is 0.102. The van der Waals surface area contributed by atoms with Crippen molar-refractivity contribution in [3.8, 4) is 10.6 Å². The standard InChI is InChI=1S/C31H42N8OSSi/c1-42(2,3)14-13-40-21-34-29-26(31-38-37-30(41-31)22-9-5-6-10-22)17-27-28(36-29)16-24(19-33-27)35-23-15-25(20-32-18-23)39-11-7-4-8-12-39/h15-20,22,35H,4-14,21H2,1-3H3,(H,34,36). The molecule has 4 aromatic rings. The molecule has 0 unspecified atom stereocenters. The molecule has 1 saturated heterocycles. The minimum Gasteiger partial charge on any atom is -0.370 e. The Hall–Kier alpha value is -3.15. The third kappa shape index (κ3) is 7.24. The molecule has 1 aliphatic carbocycles. The summed E-state index contributed by atoms with van der Waals surface area (Å²) >= 11 is 1.68. The van der Waals surface area contributed by atoms with E-state index in [1.807, 2.05) is 24.7 Å². The van der Waals surface area contributed by atoms with Crippen molar-refractivity contribution < 1.29 is 4.74 Å². The van der Waals surface area contributed by atoms with Crippen molar-refractivity contribution in [3.05, 3.63) is 41.8 Å². The number of hydrogen-bond donors (Lipinski definition) is 2. The molecule has 0 atom stereocenters. The second-order valence-corrected chi connectivity index (χ2v) is 19.3. The molecule has 2 aliphatic rings. The normalized spacial score (nSPS) is 16.3. The number of ether oxygens (including phenoxy) is 1. The molecule has 0 aromatic carbocycles. The molecule has 1 aliphatic heterocycles. The number of fused-ring (bicyclic) bond motifs is 1. The summed E-state index contributed by atoms with van der Waals surface area (Å²) < 4.78 is 5.98. The second kappa shape index (κ2) is 13.0. The fraction of sp³-hybridized carbons (Fsp3) is 0.516. The van der Waals surface area contributed by atoms with Gasteiger partial charge in [-0.3, -0.25) is 9.97 Å². The minimum absolute atomic E-state index is 0.393. The van der Waals surface area contributed by atoms with E-state index < -0.39 is 8.07 Å². The summed E-state index contributed by atoms with van der Waals surface area (Å²) in [6.45, 7) is 10.4. The van der Waals surface area contributed by atoms with Crippen LogP contribution in [0.2, 0.25) is 25.7 Å². The Morgan fingerprint density at radius 2 is 1.74 bits per heavy atom. The van der Waals surface area contributed by atoms with Crippen LogP contribution in [-0.2, 0) is 4.74 Å². The maximum absolute atomic E-state index is 5.98. The number of aromatic nitrogens is 5. The zero-order valence-electron chi connectivity index (χ0n) is 25.0. The monoisotopic (exact) mass is 602 g/mol. The molecule has 9 nitrogen and oxygen atoms in total. The van der Waals surface area contributed by atoms with Crippen molar-refractivity contribution in [1.29, 1.82) is 0 Å². The van der Waals surface area contributed by atoms with E-state index in [9.17, 15) is 0 Å². The zero-order valence-corrected chi connectivity index (χ0v) is 26.8. The highest BCUT2D eigenvalue weighted by Gasteiger charge is 2.23. The van der Waals surface area contributed by atoms with Gasteiger partial charge in [-0.2, -0.15) is 0 Å². The smallest absolute Gasteiger partial charge is 0.151 e. The van der Waals surface area contributed by atoms with E-state index >= 15 is 0 Å². The number of nitrogens with zero attached hydrogens (tertiary/aromatic N) is 6. The highest BCUT2D eigenvalue weighted by molar-refractivity contribution is 7.14. The molecule has 0 spiro atoms.